The van der Waals surface area contributed by atoms with Crippen molar-refractivity contribution in [3.05, 3.63) is 82.6 Å². The van der Waals surface area contributed by atoms with E-state index < -0.39 is 46.1 Å². The molecule has 13 nitrogen and oxygen atoms in total. The summed E-state index contributed by atoms with van der Waals surface area (Å²) < 4.78 is 24.3. The molecule has 13 heteroatoms. The van der Waals surface area contributed by atoms with E-state index in [1.807, 2.05) is 19.2 Å². The number of hydrogen-bond donors (Lipinski definition) is 3. The predicted octanol–water partition coefficient (Wildman–Crippen LogP) is 5.76. The second-order valence-corrected chi connectivity index (χ2v) is 19.0. The Kier molecular flexibility index (Phi) is 10.6. The highest BCUT2D eigenvalue weighted by molar-refractivity contribution is 5.94. The number of methoxy groups -OCH3 is 2. The van der Waals surface area contributed by atoms with Crippen LogP contribution >= 0.6 is 0 Å². The highest BCUT2D eigenvalue weighted by Crippen LogP contribution is 2.68. The lowest BCUT2D eigenvalue weighted by Crippen LogP contribution is -2.81. The number of hydrogen-bond acceptors (Lipinski definition) is 11. The van der Waals surface area contributed by atoms with Crippen LogP contribution in [0.3, 0.4) is 0 Å². The number of fused-ring (bicyclic) bond motifs is 6. The van der Waals surface area contributed by atoms with Crippen LogP contribution in [0.25, 0.3) is 10.9 Å². The minimum absolute atomic E-state index is 0.0285. The molecule has 2 fully saturated rings. The molecule has 6 aliphatic rings. The number of aromatic nitrogens is 1. The first-order valence-electron chi connectivity index (χ1n) is 22.5. The average Bonchev–Trinajstić information content (AvgIpc) is 3.92. The van der Waals surface area contributed by atoms with Crippen molar-refractivity contribution < 1.29 is 38.4 Å². The number of nitrogens with zero attached hydrogens (tertiary/aromatic N) is 3. The summed E-state index contributed by atoms with van der Waals surface area (Å²) >= 11 is 0. The molecule has 9 rings (SSSR count). The van der Waals surface area contributed by atoms with Crippen LogP contribution in [0.2, 0.25) is 0 Å². The number of rotatable bonds is 9. The number of aromatic amines is 1. The molecule has 6 heterocycles. The summed E-state index contributed by atoms with van der Waals surface area (Å²) in [6, 6.07) is 11.6. The SMILES string of the molecule is CCC1=C[C@@H]2CN(CCc3c([nH]c4ccccc34)[C@@](C(=O)OC)(c3cc4c(cc3OC)N(C)[C@H]3C(O)(CNC(=O)OC(C)C)[C@H](OC(C)=O)[C@]5(CC)C=CCN6CC[C@]43[C@@H]65)C2)C1. The number of aliphatic hydroxyl groups is 1. The van der Waals surface area contributed by atoms with Crippen molar-refractivity contribution in [2.45, 2.75) is 107 Å². The number of carbonyl (C=O) groups is 3. The van der Waals surface area contributed by atoms with E-state index in [9.17, 15) is 14.7 Å². The van der Waals surface area contributed by atoms with E-state index in [0.29, 0.717) is 37.1 Å². The number of nitrogens with one attached hydrogen (secondary N) is 2. The fourth-order valence-corrected chi connectivity index (χ4v) is 13.5. The van der Waals surface area contributed by atoms with Crippen LogP contribution in [-0.2, 0) is 41.1 Å². The van der Waals surface area contributed by atoms with Crippen molar-refractivity contribution >= 4 is 34.6 Å². The topological polar surface area (TPSA) is 146 Å². The first-order chi connectivity index (χ1) is 29.7. The van der Waals surface area contributed by atoms with Gasteiger partial charge in [-0.3, -0.25) is 19.4 Å². The number of amides is 1. The van der Waals surface area contributed by atoms with Gasteiger partial charge in [0.25, 0.3) is 0 Å². The van der Waals surface area contributed by atoms with Gasteiger partial charge in [-0.1, -0.05) is 55.8 Å². The number of ether oxygens (including phenoxy) is 4. The van der Waals surface area contributed by atoms with Gasteiger partial charge in [-0.15, -0.1) is 0 Å². The maximum absolute atomic E-state index is 15.4. The standard InChI is InChI=1S/C49H63N5O8/c1-9-31-22-32-25-48(44(56)60-8,40-34(16-20-53(26-31)27-32)33-14-11-12-15-37(33)51-40)36-23-35-38(24-39(36)59-7)52(6)42-47(35)18-21-54-19-13-17-46(10-2,41(47)54)43(62-30(5)55)49(42,58)28-50-45(57)61-29(3)4/h11-15,17,22-24,29,32,41-43,51,58H,9-10,16,18-21,25-28H2,1-8H3,(H,50,57)/t32-,41-,42+,43+,46+,47+,48-,49?/m0/s1. The number of para-hydroxylation sites is 1. The molecule has 1 aliphatic carbocycles. The molecule has 2 unspecified atom stereocenters. The molecule has 2 bridgehead atoms. The number of esters is 2. The van der Waals surface area contributed by atoms with Gasteiger partial charge in [0.2, 0.25) is 0 Å². The second-order valence-electron chi connectivity index (χ2n) is 19.0. The Hall–Kier alpha value is -4.85. The molecule has 332 valence electrons. The number of likely N-dealkylation sites (N-methyl/N-ethyl adjacent to an activating group) is 1. The summed E-state index contributed by atoms with van der Waals surface area (Å²) in [5.41, 5.74) is 2.02. The minimum Gasteiger partial charge on any atom is -0.496 e. The molecule has 5 aliphatic heterocycles. The van der Waals surface area contributed by atoms with E-state index in [1.54, 1.807) is 21.0 Å². The highest BCUT2D eigenvalue weighted by Gasteiger charge is 2.78. The predicted molar refractivity (Wildman–Crippen MR) is 237 cm³/mol. The highest BCUT2D eigenvalue weighted by atomic mass is 16.6. The van der Waals surface area contributed by atoms with E-state index in [2.05, 4.69) is 81.3 Å². The Morgan fingerprint density at radius 1 is 1.06 bits per heavy atom. The fourth-order valence-electron chi connectivity index (χ4n) is 13.5. The first kappa shape index (κ1) is 42.5. The van der Waals surface area contributed by atoms with Crippen LogP contribution < -0.4 is 15.0 Å². The van der Waals surface area contributed by atoms with Crippen LogP contribution in [0, 0.1) is 11.3 Å². The van der Waals surface area contributed by atoms with E-state index in [1.165, 1.54) is 19.6 Å². The van der Waals surface area contributed by atoms with E-state index >= 15 is 4.79 Å². The Morgan fingerprint density at radius 3 is 2.56 bits per heavy atom. The Morgan fingerprint density at radius 2 is 1.85 bits per heavy atom. The largest absolute Gasteiger partial charge is 0.496 e. The number of anilines is 1. The van der Waals surface area contributed by atoms with Crippen LogP contribution in [0.15, 0.2) is 60.2 Å². The maximum atomic E-state index is 15.4. The average molecular weight is 850 g/mol. The zero-order valence-corrected chi connectivity index (χ0v) is 37.5. The Bertz CT molecular complexity index is 2360. The molecule has 3 N–H and O–H groups in total. The summed E-state index contributed by atoms with van der Waals surface area (Å²) in [5.74, 6) is -0.319. The maximum Gasteiger partial charge on any atom is 0.407 e. The third-order valence-electron chi connectivity index (χ3n) is 15.5. The van der Waals surface area contributed by atoms with Crippen LogP contribution in [0.4, 0.5) is 10.5 Å². The lowest BCUT2D eigenvalue weighted by atomic mass is 9.47. The number of H-pyrrole nitrogens is 1. The van der Waals surface area contributed by atoms with Crippen LogP contribution in [-0.4, -0.2) is 128 Å². The summed E-state index contributed by atoms with van der Waals surface area (Å²) in [7, 11) is 5.10. The molecule has 9 atom stereocenters. The van der Waals surface area contributed by atoms with Gasteiger partial charge in [-0.05, 0) is 81.7 Å². The minimum atomic E-state index is -1.82. The quantitative estimate of drug-likeness (QED) is 0.137. The molecular formula is C49H63N5O8. The third kappa shape index (κ3) is 6.00. The summed E-state index contributed by atoms with van der Waals surface area (Å²) in [5, 5.41) is 17.7. The molecule has 1 amide bonds. The van der Waals surface area contributed by atoms with Gasteiger partial charge >= 0.3 is 18.0 Å². The lowest BCUT2D eigenvalue weighted by molar-refractivity contribution is -0.217. The number of carbonyl (C=O) groups excluding carboxylic acids is 3. The van der Waals surface area contributed by atoms with Crippen molar-refractivity contribution in [3.8, 4) is 5.75 Å². The first-order valence-corrected chi connectivity index (χ1v) is 22.5. The second kappa shape index (κ2) is 15.4. The molecule has 0 radical (unpaired) electrons. The van der Waals surface area contributed by atoms with Gasteiger partial charge in [-0.2, -0.15) is 0 Å². The van der Waals surface area contributed by atoms with Crippen molar-refractivity contribution in [2.75, 3.05) is 65.4 Å². The van der Waals surface area contributed by atoms with Crippen LogP contribution in [0.1, 0.15) is 82.7 Å². The molecule has 1 saturated carbocycles. The molecule has 1 saturated heterocycles. The smallest absolute Gasteiger partial charge is 0.407 e. The van der Waals surface area contributed by atoms with Crippen molar-refractivity contribution in [1.82, 2.24) is 20.1 Å². The monoisotopic (exact) mass is 849 g/mol. The lowest BCUT2D eigenvalue weighted by Gasteiger charge is -2.64. The zero-order valence-electron chi connectivity index (χ0n) is 37.5. The summed E-state index contributed by atoms with van der Waals surface area (Å²) in [6.45, 7) is 13.0. The third-order valence-corrected chi connectivity index (χ3v) is 15.5. The summed E-state index contributed by atoms with van der Waals surface area (Å²) in [6.07, 6.45) is 7.91. The van der Waals surface area contributed by atoms with Gasteiger partial charge in [-0.25, -0.2) is 4.79 Å². The van der Waals surface area contributed by atoms with Crippen LogP contribution in [0.5, 0.6) is 5.75 Å². The number of benzene rings is 2. The van der Waals surface area contributed by atoms with E-state index in [-0.39, 0.29) is 30.6 Å². The summed E-state index contributed by atoms with van der Waals surface area (Å²) in [4.78, 5) is 52.8. The molecule has 2 aromatic carbocycles. The zero-order chi connectivity index (χ0) is 43.9. The molecule has 1 spiro atoms. The van der Waals surface area contributed by atoms with Crippen molar-refractivity contribution in [3.63, 3.8) is 0 Å². The molecule has 1 aromatic heterocycles. The van der Waals surface area contributed by atoms with Crippen molar-refractivity contribution in [1.29, 1.82) is 0 Å². The fraction of sp³-hybridized carbons (Fsp3) is 0.571. The van der Waals surface area contributed by atoms with Gasteiger partial charge in [0, 0.05) is 90.9 Å². The molecule has 3 aromatic rings. The van der Waals surface area contributed by atoms with E-state index in [4.69, 9.17) is 18.9 Å². The van der Waals surface area contributed by atoms with Crippen molar-refractivity contribution in [2.24, 2.45) is 11.3 Å². The molecule has 62 heavy (non-hydrogen) atoms. The normalized spacial score (nSPS) is 33.3. The van der Waals surface area contributed by atoms with E-state index in [0.717, 1.165) is 72.4 Å². The molecular weight excluding hydrogens is 787 g/mol. The Balaban J connectivity index is 1.33. The van der Waals surface area contributed by atoms with Gasteiger partial charge in [0.15, 0.2) is 0 Å². The Labute approximate surface area is 364 Å². The van der Waals surface area contributed by atoms with Gasteiger partial charge in [0.1, 0.15) is 22.9 Å². The van der Waals surface area contributed by atoms with Gasteiger partial charge < -0.3 is 39.3 Å². The van der Waals surface area contributed by atoms with Gasteiger partial charge in [0.05, 0.1) is 32.9 Å². The number of alkyl carbamates (subject to hydrolysis) is 1.